The minimum Gasteiger partial charge on any atom is -0.484 e. The number of rotatable bonds is 5. The van der Waals surface area contributed by atoms with Gasteiger partial charge in [-0.1, -0.05) is 43.4 Å². The first-order valence-corrected chi connectivity index (χ1v) is 10.9. The molecule has 0 saturated carbocycles. The molecule has 0 aliphatic carbocycles. The van der Waals surface area contributed by atoms with Gasteiger partial charge < -0.3 is 14.5 Å². The Morgan fingerprint density at radius 2 is 1.83 bits per heavy atom. The van der Waals surface area contributed by atoms with Crippen molar-refractivity contribution in [2.75, 3.05) is 37.7 Å². The number of fused-ring (bicyclic) bond motifs is 1. The molecule has 1 aromatic heterocycles. The van der Waals surface area contributed by atoms with Gasteiger partial charge in [0.25, 0.3) is 5.91 Å². The Labute approximate surface area is 175 Å². The normalized spacial score (nSPS) is 14.6. The van der Waals surface area contributed by atoms with Crippen LogP contribution < -0.4 is 9.64 Å². The first-order valence-electron chi connectivity index (χ1n) is 10.1. The molecule has 0 N–H and O–H groups in total. The van der Waals surface area contributed by atoms with Gasteiger partial charge in [0, 0.05) is 26.2 Å². The monoisotopic (exact) mass is 409 g/mol. The summed E-state index contributed by atoms with van der Waals surface area (Å²) in [5, 5.41) is 1.04. The minimum atomic E-state index is 0.0394. The first kappa shape index (κ1) is 19.7. The molecule has 2 heterocycles. The van der Waals surface area contributed by atoms with E-state index in [9.17, 15) is 4.79 Å². The SMILES string of the molecule is Cc1ccc2nc(N3CCN(C(=O)COc4ccc(C(C)C)cc4)CC3)sc2c1. The summed E-state index contributed by atoms with van der Waals surface area (Å²) in [6.45, 7) is 9.50. The molecule has 1 saturated heterocycles. The molecule has 0 unspecified atom stereocenters. The zero-order valence-corrected chi connectivity index (χ0v) is 18.0. The highest BCUT2D eigenvalue weighted by Crippen LogP contribution is 2.30. The number of hydrogen-bond acceptors (Lipinski definition) is 5. The van der Waals surface area contributed by atoms with Crippen LogP contribution in [0.1, 0.15) is 30.9 Å². The molecule has 29 heavy (non-hydrogen) atoms. The summed E-state index contributed by atoms with van der Waals surface area (Å²) in [5.41, 5.74) is 3.57. The van der Waals surface area contributed by atoms with Crippen LogP contribution in [-0.4, -0.2) is 48.6 Å². The Morgan fingerprint density at radius 3 is 2.52 bits per heavy atom. The number of thiazole rings is 1. The number of anilines is 1. The van der Waals surface area contributed by atoms with Gasteiger partial charge in [0.1, 0.15) is 5.75 Å². The molecular formula is C23H27N3O2S. The summed E-state index contributed by atoms with van der Waals surface area (Å²) >= 11 is 1.72. The molecule has 0 atom stereocenters. The van der Waals surface area contributed by atoms with Crippen LogP contribution in [0, 0.1) is 6.92 Å². The van der Waals surface area contributed by atoms with E-state index in [2.05, 4.69) is 56.0 Å². The van der Waals surface area contributed by atoms with Crippen LogP contribution in [0.25, 0.3) is 10.2 Å². The van der Waals surface area contributed by atoms with Gasteiger partial charge in [-0.3, -0.25) is 4.79 Å². The Balaban J connectivity index is 1.29. The predicted molar refractivity (Wildman–Crippen MR) is 119 cm³/mol. The highest BCUT2D eigenvalue weighted by Gasteiger charge is 2.23. The van der Waals surface area contributed by atoms with E-state index >= 15 is 0 Å². The van der Waals surface area contributed by atoms with Crippen molar-refractivity contribution in [3.63, 3.8) is 0 Å². The van der Waals surface area contributed by atoms with Gasteiger partial charge in [-0.15, -0.1) is 0 Å². The van der Waals surface area contributed by atoms with Crippen LogP contribution in [0.3, 0.4) is 0 Å². The third kappa shape index (κ3) is 4.53. The van der Waals surface area contributed by atoms with Gasteiger partial charge in [-0.25, -0.2) is 4.98 Å². The standard InChI is InChI=1S/C23H27N3O2S/c1-16(2)18-5-7-19(8-6-18)28-15-22(27)25-10-12-26(13-11-25)23-24-20-9-4-17(3)14-21(20)29-23/h4-9,14,16H,10-13,15H2,1-3H3. The minimum absolute atomic E-state index is 0.0394. The molecule has 1 aliphatic rings. The maximum atomic E-state index is 12.5. The lowest BCUT2D eigenvalue weighted by molar-refractivity contribution is -0.133. The number of carbonyl (C=O) groups excluding carboxylic acids is 1. The topological polar surface area (TPSA) is 45.7 Å². The summed E-state index contributed by atoms with van der Waals surface area (Å²) in [5.74, 6) is 1.27. The quantitative estimate of drug-likeness (QED) is 0.624. The molecule has 0 bridgehead atoms. The molecule has 0 radical (unpaired) electrons. The van der Waals surface area contributed by atoms with Crippen LogP contribution in [0.15, 0.2) is 42.5 Å². The van der Waals surface area contributed by atoms with E-state index in [0.717, 1.165) is 29.5 Å². The van der Waals surface area contributed by atoms with E-state index in [4.69, 9.17) is 9.72 Å². The Kier molecular flexibility index (Phi) is 5.72. The highest BCUT2D eigenvalue weighted by molar-refractivity contribution is 7.22. The van der Waals surface area contributed by atoms with E-state index in [1.807, 2.05) is 17.0 Å². The number of piperazine rings is 1. The van der Waals surface area contributed by atoms with Gasteiger partial charge >= 0.3 is 0 Å². The van der Waals surface area contributed by atoms with Gasteiger partial charge in [0.2, 0.25) is 0 Å². The van der Waals surface area contributed by atoms with E-state index in [1.54, 1.807) is 11.3 Å². The average Bonchev–Trinajstić information content (AvgIpc) is 3.15. The number of carbonyl (C=O) groups is 1. The van der Waals surface area contributed by atoms with Gasteiger partial charge in [-0.05, 0) is 48.2 Å². The summed E-state index contributed by atoms with van der Waals surface area (Å²) in [4.78, 5) is 21.5. The van der Waals surface area contributed by atoms with Gasteiger partial charge in [0.05, 0.1) is 10.2 Å². The Hall–Kier alpha value is -2.60. The van der Waals surface area contributed by atoms with Crippen LogP contribution in [-0.2, 0) is 4.79 Å². The lowest BCUT2D eigenvalue weighted by Gasteiger charge is -2.34. The number of aryl methyl sites for hydroxylation is 1. The third-order valence-electron chi connectivity index (χ3n) is 5.34. The van der Waals surface area contributed by atoms with Crippen molar-refractivity contribution in [2.45, 2.75) is 26.7 Å². The second kappa shape index (κ2) is 8.41. The average molecular weight is 410 g/mol. The maximum absolute atomic E-state index is 12.5. The van der Waals surface area contributed by atoms with E-state index in [-0.39, 0.29) is 12.5 Å². The van der Waals surface area contributed by atoms with Crippen molar-refractivity contribution in [2.24, 2.45) is 0 Å². The number of amides is 1. The molecule has 2 aromatic carbocycles. The Bertz CT molecular complexity index is 989. The molecule has 1 fully saturated rings. The van der Waals surface area contributed by atoms with Crippen LogP contribution >= 0.6 is 11.3 Å². The van der Waals surface area contributed by atoms with Crippen LogP contribution in [0.5, 0.6) is 5.75 Å². The fraction of sp³-hybridized carbons (Fsp3) is 0.391. The van der Waals surface area contributed by atoms with Crippen molar-refractivity contribution in [3.8, 4) is 5.75 Å². The number of hydrogen-bond donors (Lipinski definition) is 0. The summed E-state index contributed by atoms with van der Waals surface area (Å²) in [7, 11) is 0. The number of benzene rings is 2. The predicted octanol–water partition coefficient (Wildman–Crippen LogP) is 4.46. The fourth-order valence-electron chi connectivity index (χ4n) is 3.49. The second-order valence-electron chi connectivity index (χ2n) is 7.85. The highest BCUT2D eigenvalue weighted by atomic mass is 32.1. The summed E-state index contributed by atoms with van der Waals surface area (Å²) in [6.07, 6.45) is 0. The number of aromatic nitrogens is 1. The van der Waals surface area contributed by atoms with Gasteiger partial charge in [0.15, 0.2) is 11.7 Å². The van der Waals surface area contributed by atoms with E-state index < -0.39 is 0 Å². The molecular weight excluding hydrogens is 382 g/mol. The van der Waals surface area contributed by atoms with Crippen LogP contribution in [0.4, 0.5) is 5.13 Å². The first-order chi connectivity index (χ1) is 14.0. The summed E-state index contributed by atoms with van der Waals surface area (Å²) < 4.78 is 6.92. The molecule has 5 nitrogen and oxygen atoms in total. The molecule has 152 valence electrons. The molecule has 3 aromatic rings. The van der Waals surface area contributed by atoms with Crippen LogP contribution in [0.2, 0.25) is 0 Å². The largest absolute Gasteiger partial charge is 0.484 e. The lowest BCUT2D eigenvalue weighted by atomic mass is 10.0. The molecule has 6 heteroatoms. The van der Waals surface area contributed by atoms with Crippen molar-refractivity contribution in [1.29, 1.82) is 0 Å². The number of nitrogens with zero attached hydrogens (tertiary/aromatic N) is 3. The molecule has 0 spiro atoms. The molecule has 1 amide bonds. The van der Waals surface area contributed by atoms with Gasteiger partial charge in [-0.2, -0.15) is 0 Å². The molecule has 4 rings (SSSR count). The molecule has 1 aliphatic heterocycles. The van der Waals surface area contributed by atoms with E-state index in [0.29, 0.717) is 19.0 Å². The zero-order chi connectivity index (χ0) is 20.4. The Morgan fingerprint density at radius 1 is 1.10 bits per heavy atom. The second-order valence-corrected chi connectivity index (χ2v) is 8.86. The fourth-order valence-corrected chi connectivity index (χ4v) is 4.60. The van der Waals surface area contributed by atoms with Crippen molar-refractivity contribution >= 4 is 32.6 Å². The lowest BCUT2D eigenvalue weighted by Crippen LogP contribution is -2.50. The van der Waals surface area contributed by atoms with Crippen molar-refractivity contribution < 1.29 is 9.53 Å². The maximum Gasteiger partial charge on any atom is 0.260 e. The smallest absolute Gasteiger partial charge is 0.260 e. The van der Waals surface area contributed by atoms with E-state index in [1.165, 1.54) is 15.8 Å². The van der Waals surface area contributed by atoms with Crippen molar-refractivity contribution in [3.05, 3.63) is 53.6 Å². The number of ether oxygens (including phenoxy) is 1. The third-order valence-corrected chi connectivity index (χ3v) is 6.42. The zero-order valence-electron chi connectivity index (χ0n) is 17.2. The van der Waals surface area contributed by atoms with Crippen molar-refractivity contribution in [1.82, 2.24) is 9.88 Å². The summed E-state index contributed by atoms with van der Waals surface area (Å²) in [6, 6.07) is 14.4.